The quantitative estimate of drug-likeness (QED) is 0.602. The zero-order chi connectivity index (χ0) is 13.0. The molecule has 1 rings (SSSR count). The van der Waals surface area contributed by atoms with Crippen molar-refractivity contribution in [2.75, 3.05) is 21.3 Å². The molecule has 0 N–H and O–H groups in total. The summed E-state index contributed by atoms with van der Waals surface area (Å²) in [5.41, 5.74) is -0.597. The lowest BCUT2D eigenvalue weighted by Crippen LogP contribution is -2.11. The smallest absolute Gasteiger partial charge is 0.338 e. The Hall–Kier alpha value is -1.53. The Balaban J connectivity index is 3.23. The van der Waals surface area contributed by atoms with Gasteiger partial charge in [-0.25, -0.2) is 13.6 Å². The summed E-state index contributed by atoms with van der Waals surface area (Å²) in [5, 5.41) is 0. The van der Waals surface area contributed by atoms with E-state index in [-0.39, 0.29) is 11.1 Å². The molecule has 94 valence electrons. The van der Waals surface area contributed by atoms with Crippen LogP contribution in [0.4, 0.5) is 8.78 Å². The molecule has 0 aliphatic heterocycles. The molecule has 0 aliphatic rings. The fourth-order valence-corrected chi connectivity index (χ4v) is 1.38. The first kappa shape index (κ1) is 13.5. The first-order chi connectivity index (χ1) is 8.04. The van der Waals surface area contributed by atoms with Crippen molar-refractivity contribution >= 4 is 5.97 Å². The van der Waals surface area contributed by atoms with E-state index in [2.05, 4.69) is 4.74 Å². The van der Waals surface area contributed by atoms with Crippen LogP contribution in [-0.2, 0) is 14.2 Å². The minimum absolute atomic E-state index is 0.211. The van der Waals surface area contributed by atoms with Crippen LogP contribution >= 0.6 is 0 Å². The molecule has 0 amide bonds. The van der Waals surface area contributed by atoms with Gasteiger partial charge in [-0.05, 0) is 12.1 Å². The summed E-state index contributed by atoms with van der Waals surface area (Å²) in [5.74, 6) is -2.68. The van der Waals surface area contributed by atoms with Crippen molar-refractivity contribution in [1.82, 2.24) is 0 Å². The molecule has 0 heterocycles. The molecule has 0 aliphatic carbocycles. The van der Waals surface area contributed by atoms with E-state index in [1.807, 2.05) is 0 Å². The SMILES string of the molecule is COC(=O)c1cc(F)c(C(OC)OC)c(F)c1. The second kappa shape index (κ2) is 5.70. The van der Waals surface area contributed by atoms with Crippen LogP contribution in [0.2, 0.25) is 0 Å². The number of carbonyl (C=O) groups is 1. The van der Waals surface area contributed by atoms with Crippen LogP contribution in [0.3, 0.4) is 0 Å². The van der Waals surface area contributed by atoms with Gasteiger partial charge in [0, 0.05) is 14.2 Å². The molecule has 1 aromatic rings. The van der Waals surface area contributed by atoms with E-state index in [4.69, 9.17) is 9.47 Å². The number of methoxy groups -OCH3 is 3. The highest BCUT2D eigenvalue weighted by Crippen LogP contribution is 2.25. The Morgan fingerprint density at radius 1 is 1.12 bits per heavy atom. The van der Waals surface area contributed by atoms with Crippen molar-refractivity contribution in [3.8, 4) is 0 Å². The van der Waals surface area contributed by atoms with Gasteiger partial charge in [-0.1, -0.05) is 0 Å². The van der Waals surface area contributed by atoms with Crippen LogP contribution in [0, 0.1) is 11.6 Å². The fourth-order valence-electron chi connectivity index (χ4n) is 1.38. The first-order valence-corrected chi connectivity index (χ1v) is 4.68. The third kappa shape index (κ3) is 2.78. The maximum Gasteiger partial charge on any atom is 0.338 e. The Kier molecular flexibility index (Phi) is 4.53. The van der Waals surface area contributed by atoms with Gasteiger partial charge in [0.15, 0.2) is 6.29 Å². The zero-order valence-corrected chi connectivity index (χ0v) is 9.62. The summed E-state index contributed by atoms with van der Waals surface area (Å²) in [7, 11) is 3.63. The lowest BCUT2D eigenvalue weighted by atomic mass is 10.1. The van der Waals surface area contributed by atoms with E-state index in [1.165, 1.54) is 14.2 Å². The van der Waals surface area contributed by atoms with Crippen molar-refractivity contribution in [2.45, 2.75) is 6.29 Å². The predicted molar refractivity (Wildman–Crippen MR) is 54.5 cm³/mol. The maximum absolute atomic E-state index is 13.6. The molecule has 0 fully saturated rings. The number of ether oxygens (including phenoxy) is 3. The second-order valence-electron chi connectivity index (χ2n) is 3.15. The third-order valence-corrected chi connectivity index (χ3v) is 2.16. The zero-order valence-electron chi connectivity index (χ0n) is 9.62. The highest BCUT2D eigenvalue weighted by atomic mass is 19.1. The number of halogens is 2. The third-order valence-electron chi connectivity index (χ3n) is 2.16. The Labute approximate surface area is 97.1 Å². The van der Waals surface area contributed by atoms with Crippen LogP contribution < -0.4 is 0 Å². The summed E-state index contributed by atoms with van der Waals surface area (Å²) < 4.78 is 41.1. The van der Waals surface area contributed by atoms with Gasteiger partial charge >= 0.3 is 5.97 Å². The van der Waals surface area contributed by atoms with Gasteiger partial charge in [0.2, 0.25) is 0 Å². The molecule has 0 atom stereocenters. The summed E-state index contributed by atoms with van der Waals surface area (Å²) in [6.07, 6.45) is -1.17. The second-order valence-corrected chi connectivity index (χ2v) is 3.15. The predicted octanol–water partition coefficient (Wildman–Crippen LogP) is 2.04. The molecule has 0 spiro atoms. The topological polar surface area (TPSA) is 44.8 Å². The molecule has 0 bridgehead atoms. The van der Waals surface area contributed by atoms with Crippen LogP contribution in [-0.4, -0.2) is 27.3 Å². The van der Waals surface area contributed by atoms with E-state index < -0.39 is 23.9 Å². The summed E-state index contributed by atoms with van der Waals surface area (Å²) in [6, 6.07) is 1.74. The van der Waals surface area contributed by atoms with Crippen LogP contribution in [0.5, 0.6) is 0 Å². The van der Waals surface area contributed by atoms with Crippen molar-refractivity contribution in [1.29, 1.82) is 0 Å². The summed E-state index contributed by atoms with van der Waals surface area (Å²) in [4.78, 5) is 11.1. The van der Waals surface area contributed by atoms with E-state index >= 15 is 0 Å². The highest BCUT2D eigenvalue weighted by Gasteiger charge is 2.22. The van der Waals surface area contributed by atoms with Gasteiger partial charge in [-0.3, -0.25) is 0 Å². The molecule has 17 heavy (non-hydrogen) atoms. The Morgan fingerprint density at radius 2 is 1.59 bits per heavy atom. The number of hydrogen-bond donors (Lipinski definition) is 0. The lowest BCUT2D eigenvalue weighted by molar-refractivity contribution is -0.109. The van der Waals surface area contributed by atoms with Crippen molar-refractivity contribution in [3.05, 3.63) is 34.9 Å². The minimum atomic E-state index is -1.17. The number of esters is 1. The number of rotatable bonds is 4. The normalized spacial score (nSPS) is 10.7. The average molecular weight is 246 g/mol. The van der Waals surface area contributed by atoms with Gasteiger partial charge in [-0.2, -0.15) is 0 Å². The maximum atomic E-state index is 13.6. The number of benzene rings is 1. The van der Waals surface area contributed by atoms with E-state index in [9.17, 15) is 13.6 Å². The van der Waals surface area contributed by atoms with Crippen molar-refractivity contribution in [2.24, 2.45) is 0 Å². The number of hydrogen-bond acceptors (Lipinski definition) is 4. The molecule has 0 unspecified atom stereocenters. The van der Waals surface area contributed by atoms with Crippen LogP contribution in [0.1, 0.15) is 22.2 Å². The van der Waals surface area contributed by atoms with Gasteiger partial charge in [0.25, 0.3) is 0 Å². The molecule has 0 aromatic heterocycles. The first-order valence-electron chi connectivity index (χ1n) is 4.68. The van der Waals surface area contributed by atoms with Crippen molar-refractivity contribution < 1.29 is 27.8 Å². The van der Waals surface area contributed by atoms with E-state index in [1.54, 1.807) is 0 Å². The van der Waals surface area contributed by atoms with Crippen LogP contribution in [0.15, 0.2) is 12.1 Å². The van der Waals surface area contributed by atoms with Crippen LogP contribution in [0.25, 0.3) is 0 Å². The van der Waals surface area contributed by atoms with Gasteiger partial charge < -0.3 is 14.2 Å². The Bertz CT molecular complexity index is 393. The highest BCUT2D eigenvalue weighted by molar-refractivity contribution is 5.89. The molecule has 4 nitrogen and oxygen atoms in total. The van der Waals surface area contributed by atoms with Gasteiger partial charge in [0.05, 0.1) is 18.2 Å². The Morgan fingerprint density at radius 3 is 1.94 bits per heavy atom. The minimum Gasteiger partial charge on any atom is -0.465 e. The molecule has 6 heteroatoms. The van der Waals surface area contributed by atoms with E-state index in [0.717, 1.165) is 19.2 Å². The molecule has 0 saturated heterocycles. The average Bonchev–Trinajstić information content (AvgIpc) is 2.32. The molecule has 0 saturated carbocycles. The molecule has 1 aromatic carbocycles. The van der Waals surface area contributed by atoms with E-state index in [0.29, 0.717) is 0 Å². The fraction of sp³-hybridized carbons (Fsp3) is 0.364. The standard InChI is InChI=1S/C11H12F2O4/c1-15-10(14)6-4-7(12)9(8(13)5-6)11(16-2)17-3/h4-5,11H,1-3H3. The summed E-state index contributed by atoms with van der Waals surface area (Å²) in [6.45, 7) is 0. The number of carbonyl (C=O) groups excluding carboxylic acids is 1. The van der Waals surface area contributed by atoms with Gasteiger partial charge in [-0.15, -0.1) is 0 Å². The van der Waals surface area contributed by atoms with Crippen molar-refractivity contribution in [3.63, 3.8) is 0 Å². The largest absolute Gasteiger partial charge is 0.465 e. The monoisotopic (exact) mass is 246 g/mol. The molecular formula is C11H12F2O4. The molecule has 0 radical (unpaired) electrons. The lowest BCUT2D eigenvalue weighted by Gasteiger charge is -2.15. The summed E-state index contributed by atoms with van der Waals surface area (Å²) >= 11 is 0. The molecular weight excluding hydrogens is 234 g/mol. The van der Waals surface area contributed by atoms with Gasteiger partial charge in [0.1, 0.15) is 11.6 Å².